The Bertz CT molecular complexity index is 317. The van der Waals surface area contributed by atoms with Crippen LogP contribution in [-0.4, -0.2) is 21.3 Å². The van der Waals surface area contributed by atoms with Crippen LogP contribution in [0.3, 0.4) is 0 Å². The number of imidazole rings is 1. The van der Waals surface area contributed by atoms with Gasteiger partial charge in [-0.05, 0) is 20.8 Å². The topological polar surface area (TPSA) is 29.9 Å². The van der Waals surface area contributed by atoms with Crippen molar-refractivity contribution < 1.29 is 13.2 Å². The highest BCUT2D eigenvalue weighted by Gasteiger charge is 2.27. The van der Waals surface area contributed by atoms with Crippen LogP contribution in [0.5, 0.6) is 0 Å². The van der Waals surface area contributed by atoms with Crippen LogP contribution in [-0.2, 0) is 13.1 Å². The fraction of sp³-hybridized carbons (Fsp3) is 0.727. The van der Waals surface area contributed by atoms with Gasteiger partial charge in [0.1, 0.15) is 5.82 Å². The molecule has 0 aliphatic heterocycles. The second kappa shape index (κ2) is 5.08. The number of aromatic nitrogens is 2. The monoisotopic (exact) mass is 249 g/mol. The summed E-state index contributed by atoms with van der Waals surface area (Å²) < 4.78 is 37.8. The van der Waals surface area contributed by atoms with E-state index in [-0.39, 0.29) is 12.1 Å². The highest BCUT2D eigenvalue weighted by molar-refractivity contribution is 4.93. The normalized spacial score (nSPS) is 13.1. The van der Waals surface area contributed by atoms with Gasteiger partial charge in [0.2, 0.25) is 0 Å². The molecule has 0 atom stereocenters. The first-order chi connectivity index (χ1) is 7.67. The summed E-state index contributed by atoms with van der Waals surface area (Å²) in [6.07, 6.45) is -1.85. The second-order valence-electron chi connectivity index (χ2n) is 5.01. The Morgan fingerprint density at radius 3 is 2.47 bits per heavy atom. The van der Waals surface area contributed by atoms with E-state index in [1.165, 1.54) is 10.8 Å². The summed E-state index contributed by atoms with van der Waals surface area (Å²) in [4.78, 5) is 4.05. The maximum atomic E-state index is 12.1. The Labute approximate surface area is 99.0 Å². The third-order valence-electron chi connectivity index (χ3n) is 2.21. The maximum absolute atomic E-state index is 12.1. The molecule has 0 amide bonds. The van der Waals surface area contributed by atoms with E-state index >= 15 is 0 Å². The molecular formula is C11H18F3N3. The lowest BCUT2D eigenvalue weighted by molar-refractivity contribution is -0.136. The van der Waals surface area contributed by atoms with Crippen LogP contribution in [0.25, 0.3) is 0 Å². The molecule has 0 fully saturated rings. The van der Waals surface area contributed by atoms with Crippen LogP contribution in [0.1, 0.15) is 33.0 Å². The van der Waals surface area contributed by atoms with Gasteiger partial charge in [-0.2, -0.15) is 13.2 Å². The van der Waals surface area contributed by atoms with E-state index in [1.54, 1.807) is 6.20 Å². The molecular weight excluding hydrogens is 231 g/mol. The van der Waals surface area contributed by atoms with Crippen LogP contribution in [0.2, 0.25) is 0 Å². The van der Waals surface area contributed by atoms with Crippen molar-refractivity contribution in [2.75, 3.05) is 0 Å². The number of aryl methyl sites for hydroxylation is 1. The van der Waals surface area contributed by atoms with Gasteiger partial charge in [0.15, 0.2) is 0 Å². The summed E-state index contributed by atoms with van der Waals surface area (Å²) in [7, 11) is 0. The number of alkyl halides is 3. The summed E-state index contributed by atoms with van der Waals surface area (Å²) in [5.41, 5.74) is -0.0825. The van der Waals surface area contributed by atoms with Gasteiger partial charge in [0.25, 0.3) is 0 Å². The average molecular weight is 249 g/mol. The van der Waals surface area contributed by atoms with E-state index < -0.39 is 12.6 Å². The van der Waals surface area contributed by atoms with Gasteiger partial charge in [0.05, 0.1) is 13.0 Å². The van der Waals surface area contributed by atoms with Crippen LogP contribution in [0.15, 0.2) is 12.4 Å². The molecule has 17 heavy (non-hydrogen) atoms. The van der Waals surface area contributed by atoms with E-state index in [0.717, 1.165) is 0 Å². The van der Waals surface area contributed by atoms with Crippen molar-refractivity contribution in [1.29, 1.82) is 0 Å². The van der Waals surface area contributed by atoms with Crippen LogP contribution in [0.4, 0.5) is 13.2 Å². The van der Waals surface area contributed by atoms with Crippen molar-refractivity contribution >= 4 is 0 Å². The highest BCUT2D eigenvalue weighted by atomic mass is 19.4. The SMILES string of the molecule is CC(C)(C)NCc1nccn1CCC(F)(F)F. The third-order valence-corrected chi connectivity index (χ3v) is 2.21. The van der Waals surface area contributed by atoms with Crippen molar-refractivity contribution in [3.63, 3.8) is 0 Å². The van der Waals surface area contributed by atoms with E-state index in [0.29, 0.717) is 12.4 Å². The summed E-state index contributed by atoms with van der Waals surface area (Å²) in [5.74, 6) is 0.629. The molecule has 0 spiro atoms. The largest absolute Gasteiger partial charge is 0.390 e. The minimum Gasteiger partial charge on any atom is -0.334 e. The van der Waals surface area contributed by atoms with E-state index in [4.69, 9.17) is 0 Å². The minimum absolute atomic E-state index is 0.0787. The number of nitrogens with zero attached hydrogens (tertiary/aromatic N) is 2. The third kappa shape index (κ3) is 5.72. The summed E-state index contributed by atoms with van der Waals surface area (Å²) in [6.45, 7) is 6.38. The number of halogens is 3. The van der Waals surface area contributed by atoms with Gasteiger partial charge in [-0.25, -0.2) is 4.98 Å². The fourth-order valence-corrected chi connectivity index (χ4v) is 1.30. The Morgan fingerprint density at radius 2 is 1.94 bits per heavy atom. The fourth-order valence-electron chi connectivity index (χ4n) is 1.30. The first kappa shape index (κ1) is 14.0. The van der Waals surface area contributed by atoms with Gasteiger partial charge in [-0.15, -0.1) is 0 Å². The molecule has 0 aromatic carbocycles. The molecule has 1 aromatic heterocycles. The molecule has 0 unspecified atom stereocenters. The second-order valence-corrected chi connectivity index (χ2v) is 5.01. The first-order valence-corrected chi connectivity index (χ1v) is 5.49. The summed E-state index contributed by atoms with van der Waals surface area (Å²) >= 11 is 0. The lowest BCUT2D eigenvalue weighted by Crippen LogP contribution is -2.36. The van der Waals surface area contributed by atoms with Crippen molar-refractivity contribution in [2.24, 2.45) is 0 Å². The molecule has 1 N–H and O–H groups in total. The average Bonchev–Trinajstić information content (AvgIpc) is 2.56. The summed E-state index contributed by atoms with van der Waals surface area (Å²) in [6, 6.07) is 0. The molecule has 98 valence electrons. The molecule has 0 aliphatic rings. The highest BCUT2D eigenvalue weighted by Crippen LogP contribution is 2.20. The smallest absolute Gasteiger partial charge is 0.334 e. The van der Waals surface area contributed by atoms with Crippen molar-refractivity contribution in [3.05, 3.63) is 18.2 Å². The van der Waals surface area contributed by atoms with Crippen molar-refractivity contribution in [3.8, 4) is 0 Å². The lowest BCUT2D eigenvalue weighted by atomic mass is 10.1. The molecule has 0 bridgehead atoms. The zero-order valence-electron chi connectivity index (χ0n) is 10.3. The Balaban J connectivity index is 2.54. The van der Waals surface area contributed by atoms with Gasteiger partial charge in [-0.3, -0.25) is 0 Å². The first-order valence-electron chi connectivity index (χ1n) is 5.49. The minimum atomic E-state index is -4.13. The standard InChI is InChI=1S/C11H18F3N3/c1-10(2,3)16-8-9-15-5-7-17(9)6-4-11(12,13)14/h5,7,16H,4,6,8H2,1-3H3. The number of rotatable bonds is 4. The molecule has 0 radical (unpaired) electrons. The molecule has 1 aromatic rings. The Hall–Kier alpha value is -1.04. The van der Waals surface area contributed by atoms with Crippen LogP contribution in [0, 0.1) is 0 Å². The lowest BCUT2D eigenvalue weighted by Gasteiger charge is -2.20. The molecule has 1 rings (SSSR count). The van der Waals surface area contributed by atoms with E-state index in [2.05, 4.69) is 10.3 Å². The van der Waals surface area contributed by atoms with Gasteiger partial charge in [-0.1, -0.05) is 0 Å². The van der Waals surface area contributed by atoms with E-state index in [1.807, 2.05) is 20.8 Å². The van der Waals surface area contributed by atoms with Crippen molar-refractivity contribution in [2.45, 2.75) is 52.0 Å². The number of hydrogen-bond acceptors (Lipinski definition) is 2. The zero-order valence-corrected chi connectivity index (χ0v) is 10.3. The molecule has 3 nitrogen and oxygen atoms in total. The van der Waals surface area contributed by atoms with Gasteiger partial charge in [0, 0.05) is 24.5 Å². The summed E-state index contributed by atoms with van der Waals surface area (Å²) in [5, 5.41) is 3.20. The molecule has 0 saturated carbocycles. The Morgan fingerprint density at radius 1 is 1.29 bits per heavy atom. The zero-order chi connectivity index (χ0) is 13.1. The predicted octanol–water partition coefficient (Wildman–Crippen LogP) is 2.72. The Kier molecular flexibility index (Phi) is 4.19. The molecule has 0 saturated heterocycles. The van der Waals surface area contributed by atoms with Crippen LogP contribution >= 0.6 is 0 Å². The maximum Gasteiger partial charge on any atom is 0.390 e. The number of hydrogen-bond donors (Lipinski definition) is 1. The van der Waals surface area contributed by atoms with Gasteiger partial charge >= 0.3 is 6.18 Å². The molecule has 6 heteroatoms. The van der Waals surface area contributed by atoms with Crippen LogP contribution < -0.4 is 5.32 Å². The predicted molar refractivity (Wildman–Crippen MR) is 59.5 cm³/mol. The quantitative estimate of drug-likeness (QED) is 0.889. The van der Waals surface area contributed by atoms with Gasteiger partial charge < -0.3 is 9.88 Å². The van der Waals surface area contributed by atoms with Crippen molar-refractivity contribution in [1.82, 2.24) is 14.9 Å². The number of nitrogens with one attached hydrogen (secondary N) is 1. The molecule has 0 aliphatic carbocycles. The van der Waals surface area contributed by atoms with E-state index in [9.17, 15) is 13.2 Å². The molecule has 1 heterocycles.